The third-order valence-electron chi connectivity index (χ3n) is 4.07. The lowest BCUT2D eigenvalue weighted by Crippen LogP contribution is -1.98. The van der Waals surface area contributed by atoms with Crippen molar-refractivity contribution in [3.05, 3.63) is 70.3 Å². The van der Waals surface area contributed by atoms with Gasteiger partial charge in [-0.2, -0.15) is 0 Å². The highest BCUT2D eigenvalue weighted by Crippen LogP contribution is 2.35. The van der Waals surface area contributed by atoms with Crippen molar-refractivity contribution in [2.24, 2.45) is 0 Å². The minimum absolute atomic E-state index is 0.356. The molecule has 4 rings (SSSR count). The van der Waals surface area contributed by atoms with E-state index in [4.69, 9.17) is 8.83 Å². The van der Waals surface area contributed by atoms with Crippen LogP contribution in [-0.4, -0.2) is 0 Å². The lowest BCUT2D eigenvalue weighted by Gasteiger charge is -2.08. The number of aryl methyl sites for hydroxylation is 2. The van der Waals surface area contributed by atoms with E-state index < -0.39 is 0 Å². The Morgan fingerprint density at radius 3 is 2.61 bits per heavy atom. The van der Waals surface area contributed by atoms with Crippen molar-refractivity contribution in [1.29, 1.82) is 0 Å². The molecule has 0 saturated heterocycles. The fourth-order valence-electron chi connectivity index (χ4n) is 2.85. The van der Waals surface area contributed by atoms with Gasteiger partial charge in [0.2, 0.25) is 0 Å². The highest BCUT2D eigenvalue weighted by Gasteiger charge is 2.14. The molecule has 2 aromatic heterocycles. The van der Waals surface area contributed by atoms with E-state index in [1.54, 1.807) is 6.26 Å². The van der Waals surface area contributed by atoms with E-state index in [1.165, 1.54) is 6.07 Å². The van der Waals surface area contributed by atoms with Crippen LogP contribution in [0.4, 0.5) is 11.4 Å². The summed E-state index contributed by atoms with van der Waals surface area (Å²) in [6.07, 6.45) is 1.65. The van der Waals surface area contributed by atoms with Crippen molar-refractivity contribution >= 4 is 33.3 Å². The second kappa shape index (κ2) is 5.02. The summed E-state index contributed by atoms with van der Waals surface area (Å²) in [6, 6.07) is 13.3. The number of hydrogen-bond acceptors (Lipinski definition) is 4. The van der Waals surface area contributed by atoms with Gasteiger partial charge >= 0.3 is 5.63 Å². The maximum atomic E-state index is 11.8. The van der Waals surface area contributed by atoms with Gasteiger partial charge in [0, 0.05) is 17.1 Å². The van der Waals surface area contributed by atoms with Gasteiger partial charge in [0.05, 0.1) is 11.1 Å². The molecule has 0 aliphatic rings. The molecule has 0 unspecified atom stereocenters. The van der Waals surface area contributed by atoms with E-state index in [2.05, 4.69) is 5.32 Å². The molecule has 0 radical (unpaired) electrons. The smallest absolute Gasteiger partial charge is 0.336 e. The van der Waals surface area contributed by atoms with E-state index in [0.717, 1.165) is 33.3 Å². The Labute approximate surface area is 132 Å². The molecular formula is C19H15NO3. The quantitative estimate of drug-likeness (QED) is 0.535. The van der Waals surface area contributed by atoms with Gasteiger partial charge in [-0.1, -0.05) is 18.2 Å². The number of nitrogens with one attached hydrogen (secondary N) is 1. The summed E-state index contributed by atoms with van der Waals surface area (Å²) >= 11 is 0. The summed E-state index contributed by atoms with van der Waals surface area (Å²) in [6.45, 7) is 3.94. The average molecular weight is 305 g/mol. The average Bonchev–Trinajstić information content (AvgIpc) is 2.93. The number of rotatable bonds is 2. The van der Waals surface area contributed by atoms with Crippen LogP contribution < -0.4 is 10.9 Å². The number of benzene rings is 2. The van der Waals surface area contributed by atoms with Gasteiger partial charge in [-0.25, -0.2) is 4.79 Å². The summed E-state index contributed by atoms with van der Waals surface area (Å²) < 4.78 is 11.1. The Hall–Kier alpha value is -3.01. The molecule has 2 heterocycles. The lowest BCUT2D eigenvalue weighted by atomic mass is 10.1. The first-order valence-corrected chi connectivity index (χ1v) is 7.41. The zero-order chi connectivity index (χ0) is 16.0. The predicted octanol–water partition coefficient (Wildman–Crippen LogP) is 4.90. The second-order valence-electron chi connectivity index (χ2n) is 5.65. The molecule has 0 spiro atoms. The van der Waals surface area contributed by atoms with Gasteiger partial charge in [-0.05, 0) is 43.2 Å². The summed E-state index contributed by atoms with van der Waals surface area (Å²) in [5.74, 6) is 0. The van der Waals surface area contributed by atoms with Crippen LogP contribution in [0.2, 0.25) is 0 Å². The zero-order valence-electron chi connectivity index (χ0n) is 12.8. The first-order chi connectivity index (χ1) is 11.1. The van der Waals surface area contributed by atoms with Crippen LogP contribution in [0.15, 0.2) is 62.4 Å². The third kappa shape index (κ3) is 2.19. The van der Waals surface area contributed by atoms with E-state index >= 15 is 0 Å². The Morgan fingerprint density at radius 2 is 1.78 bits per heavy atom. The summed E-state index contributed by atoms with van der Waals surface area (Å²) in [5.41, 5.74) is 4.67. The third-order valence-corrected chi connectivity index (χ3v) is 4.07. The molecule has 23 heavy (non-hydrogen) atoms. The molecule has 4 heteroatoms. The van der Waals surface area contributed by atoms with Crippen LogP contribution in [0.1, 0.15) is 11.1 Å². The molecule has 0 aliphatic heterocycles. The molecule has 1 N–H and O–H groups in total. The molecule has 2 aromatic carbocycles. The summed E-state index contributed by atoms with van der Waals surface area (Å²) in [7, 11) is 0. The highest BCUT2D eigenvalue weighted by molar-refractivity contribution is 6.10. The summed E-state index contributed by atoms with van der Waals surface area (Å²) in [5, 5.41) is 5.06. The molecule has 4 nitrogen and oxygen atoms in total. The Balaban J connectivity index is 1.99. The molecular weight excluding hydrogens is 290 g/mol. The van der Waals surface area contributed by atoms with E-state index in [1.807, 2.05) is 50.2 Å². The maximum Gasteiger partial charge on any atom is 0.336 e. The monoisotopic (exact) mass is 305 g/mol. The first kappa shape index (κ1) is 13.6. The minimum atomic E-state index is -0.356. The fourth-order valence-corrected chi connectivity index (χ4v) is 2.85. The van der Waals surface area contributed by atoms with Crippen molar-refractivity contribution in [1.82, 2.24) is 0 Å². The molecule has 0 aliphatic carbocycles. The predicted molar refractivity (Wildman–Crippen MR) is 91.5 cm³/mol. The van der Waals surface area contributed by atoms with Crippen molar-refractivity contribution in [2.45, 2.75) is 13.8 Å². The number of hydrogen-bond donors (Lipinski definition) is 1. The van der Waals surface area contributed by atoms with Crippen LogP contribution in [0.5, 0.6) is 0 Å². The van der Waals surface area contributed by atoms with Gasteiger partial charge in [0.1, 0.15) is 11.8 Å². The minimum Gasteiger partial charge on any atom is -0.462 e. The summed E-state index contributed by atoms with van der Waals surface area (Å²) in [4.78, 5) is 11.8. The van der Waals surface area contributed by atoms with Gasteiger partial charge in [0.25, 0.3) is 0 Å². The van der Waals surface area contributed by atoms with Crippen molar-refractivity contribution in [3.8, 4) is 0 Å². The second-order valence-corrected chi connectivity index (χ2v) is 5.65. The van der Waals surface area contributed by atoms with Gasteiger partial charge in [0.15, 0.2) is 5.58 Å². The van der Waals surface area contributed by atoms with Gasteiger partial charge < -0.3 is 14.2 Å². The standard InChI is InChI=1S/C19H15NO3/c1-11-5-3-4-6-14(11)20-15-10-22-16-8-7-13-12(2)9-17(21)23-19(13)18(15)16/h3-10,20H,1-2H3. The highest BCUT2D eigenvalue weighted by atomic mass is 16.4. The topological polar surface area (TPSA) is 55.4 Å². The Kier molecular flexibility index (Phi) is 2.98. The number of fused-ring (bicyclic) bond motifs is 3. The molecule has 0 atom stereocenters. The number of para-hydroxylation sites is 1. The molecule has 4 aromatic rings. The Morgan fingerprint density at radius 1 is 0.957 bits per heavy atom. The molecule has 0 amide bonds. The zero-order valence-corrected chi connectivity index (χ0v) is 12.8. The largest absolute Gasteiger partial charge is 0.462 e. The first-order valence-electron chi connectivity index (χ1n) is 7.41. The van der Waals surface area contributed by atoms with Crippen molar-refractivity contribution < 1.29 is 8.83 Å². The van der Waals surface area contributed by atoms with Gasteiger partial charge in [-0.3, -0.25) is 0 Å². The van der Waals surface area contributed by atoms with Crippen LogP contribution in [0, 0.1) is 13.8 Å². The lowest BCUT2D eigenvalue weighted by molar-refractivity contribution is 0.562. The fraction of sp³-hybridized carbons (Fsp3) is 0.105. The van der Waals surface area contributed by atoms with E-state index in [9.17, 15) is 4.79 Å². The molecule has 114 valence electrons. The molecule has 0 saturated carbocycles. The Bertz CT molecular complexity index is 1090. The van der Waals surface area contributed by atoms with E-state index in [-0.39, 0.29) is 5.63 Å². The SMILES string of the molecule is Cc1ccccc1Nc1coc2ccc3c(C)cc(=O)oc3c12. The van der Waals surface area contributed by atoms with Crippen molar-refractivity contribution in [2.75, 3.05) is 5.32 Å². The normalized spacial score (nSPS) is 11.2. The van der Waals surface area contributed by atoms with Crippen LogP contribution >= 0.6 is 0 Å². The number of anilines is 2. The van der Waals surface area contributed by atoms with Crippen LogP contribution in [0.25, 0.3) is 21.9 Å². The van der Waals surface area contributed by atoms with Crippen LogP contribution in [0.3, 0.4) is 0 Å². The molecule has 0 bridgehead atoms. The molecule has 0 fully saturated rings. The number of furan rings is 1. The van der Waals surface area contributed by atoms with E-state index in [0.29, 0.717) is 11.2 Å². The van der Waals surface area contributed by atoms with Crippen LogP contribution in [-0.2, 0) is 0 Å². The van der Waals surface area contributed by atoms with Crippen molar-refractivity contribution in [3.63, 3.8) is 0 Å². The maximum absolute atomic E-state index is 11.8. The van der Waals surface area contributed by atoms with Gasteiger partial charge in [-0.15, -0.1) is 0 Å².